The van der Waals surface area contributed by atoms with Crippen molar-refractivity contribution in [3.63, 3.8) is 0 Å². The molecule has 1 amide bonds. The van der Waals surface area contributed by atoms with Crippen molar-refractivity contribution in [1.29, 1.82) is 0 Å². The lowest BCUT2D eigenvalue weighted by Gasteiger charge is -2.32. The van der Waals surface area contributed by atoms with Gasteiger partial charge in [0.15, 0.2) is 0 Å². The van der Waals surface area contributed by atoms with Crippen LogP contribution in [0.3, 0.4) is 0 Å². The highest BCUT2D eigenvalue weighted by Gasteiger charge is 2.36. The minimum absolute atomic E-state index is 0.169. The number of halogens is 2. The molecule has 0 radical (unpaired) electrons. The maximum Gasteiger partial charge on any atom is 0.261 e. The number of carbonyl (C=O) groups is 1. The molecule has 1 aliphatic rings. The molecule has 0 saturated heterocycles. The van der Waals surface area contributed by atoms with Gasteiger partial charge in [0, 0.05) is 6.20 Å². The Balaban J connectivity index is 1.36. The lowest BCUT2D eigenvalue weighted by Crippen LogP contribution is -2.31. The van der Waals surface area contributed by atoms with E-state index in [-0.39, 0.29) is 23.8 Å². The largest absolute Gasteiger partial charge is 0.363 e. The zero-order chi connectivity index (χ0) is 24.5. The van der Waals surface area contributed by atoms with Gasteiger partial charge in [-0.2, -0.15) is 10.2 Å². The molecule has 9 heteroatoms. The Morgan fingerprint density at radius 2 is 1.89 bits per heavy atom. The Kier molecular flexibility index (Phi) is 6.07. The Morgan fingerprint density at radius 3 is 2.63 bits per heavy atom. The minimum atomic E-state index is -2.61. The summed E-state index contributed by atoms with van der Waals surface area (Å²) in [7, 11) is 0. The summed E-state index contributed by atoms with van der Waals surface area (Å²) in [6.07, 6.45) is 2.20. The van der Waals surface area contributed by atoms with Crippen molar-refractivity contribution in [3.8, 4) is 0 Å². The minimum Gasteiger partial charge on any atom is -0.363 e. The number of nitrogens with zero attached hydrogens (tertiary/aromatic N) is 4. The zero-order valence-corrected chi connectivity index (χ0v) is 19.5. The van der Waals surface area contributed by atoms with Gasteiger partial charge in [-0.3, -0.25) is 9.48 Å². The molecule has 0 bridgehead atoms. The van der Waals surface area contributed by atoms with Crippen LogP contribution in [-0.4, -0.2) is 31.9 Å². The summed E-state index contributed by atoms with van der Waals surface area (Å²) < 4.78 is 30.8. The lowest BCUT2D eigenvalue weighted by atomic mass is 9.96. The van der Waals surface area contributed by atoms with E-state index in [1.165, 1.54) is 10.9 Å². The molecule has 0 unspecified atom stereocenters. The van der Waals surface area contributed by atoms with Crippen LogP contribution in [0.1, 0.15) is 51.1 Å². The summed E-state index contributed by atoms with van der Waals surface area (Å²) in [4.78, 5) is 13.1. The third kappa shape index (κ3) is 4.66. The monoisotopic (exact) mass is 476 g/mol. The number of anilines is 2. The smallest absolute Gasteiger partial charge is 0.261 e. The number of hydrogen-bond donors (Lipinski definition) is 2. The summed E-state index contributed by atoms with van der Waals surface area (Å²) >= 11 is 0. The Hall–Kier alpha value is -4.01. The van der Waals surface area contributed by atoms with Crippen molar-refractivity contribution < 1.29 is 13.6 Å². The van der Waals surface area contributed by atoms with Crippen molar-refractivity contribution >= 4 is 17.4 Å². The van der Waals surface area contributed by atoms with Gasteiger partial charge in [0.25, 0.3) is 12.3 Å². The molecule has 0 saturated carbocycles. The van der Waals surface area contributed by atoms with Gasteiger partial charge in [-0.05, 0) is 37.0 Å². The van der Waals surface area contributed by atoms with Crippen LogP contribution < -0.4 is 10.6 Å². The van der Waals surface area contributed by atoms with Crippen molar-refractivity contribution in [2.75, 3.05) is 10.6 Å². The number of nitrogens with one attached hydrogen (secondary N) is 2. The van der Waals surface area contributed by atoms with E-state index in [2.05, 4.69) is 20.8 Å². The molecular weight excluding hydrogens is 450 g/mol. The van der Waals surface area contributed by atoms with E-state index in [1.807, 2.05) is 62.4 Å². The van der Waals surface area contributed by atoms with E-state index < -0.39 is 18.4 Å². The van der Waals surface area contributed by atoms with Crippen LogP contribution in [0, 0.1) is 13.8 Å². The Labute approximate surface area is 201 Å². The van der Waals surface area contributed by atoms with Gasteiger partial charge in [0.1, 0.15) is 17.4 Å². The van der Waals surface area contributed by atoms with Gasteiger partial charge in [-0.15, -0.1) is 0 Å². The molecule has 0 spiro atoms. The predicted octanol–water partition coefficient (Wildman–Crippen LogP) is 5.36. The number of fused-ring (bicyclic) bond motifs is 1. The highest BCUT2D eigenvalue weighted by molar-refractivity contribution is 6.07. The molecule has 7 nitrogen and oxygen atoms in total. The molecular formula is C26H26F2N6O. The van der Waals surface area contributed by atoms with E-state index >= 15 is 0 Å². The van der Waals surface area contributed by atoms with E-state index in [0.717, 1.165) is 22.3 Å². The number of benzene rings is 2. The second kappa shape index (κ2) is 9.32. The van der Waals surface area contributed by atoms with Crippen LogP contribution >= 0.6 is 0 Å². The fourth-order valence-electron chi connectivity index (χ4n) is 4.39. The summed E-state index contributed by atoms with van der Waals surface area (Å²) in [5, 5.41) is 14.5. The van der Waals surface area contributed by atoms with Crippen molar-refractivity contribution in [3.05, 3.63) is 94.9 Å². The fourth-order valence-corrected chi connectivity index (χ4v) is 4.39. The predicted molar refractivity (Wildman–Crippen MR) is 130 cm³/mol. The summed E-state index contributed by atoms with van der Waals surface area (Å²) in [6.45, 7) is 4.58. The molecule has 2 aromatic carbocycles. The first kappa shape index (κ1) is 22.8. The van der Waals surface area contributed by atoms with Gasteiger partial charge < -0.3 is 10.6 Å². The third-order valence-corrected chi connectivity index (χ3v) is 6.40. The van der Waals surface area contributed by atoms with Crippen molar-refractivity contribution in [2.24, 2.45) is 0 Å². The summed E-state index contributed by atoms with van der Waals surface area (Å²) in [6, 6.07) is 14.3. The van der Waals surface area contributed by atoms with E-state index in [0.29, 0.717) is 12.2 Å². The highest BCUT2D eigenvalue weighted by atomic mass is 19.3. The molecule has 180 valence electrons. The lowest BCUT2D eigenvalue weighted by molar-refractivity contribution is 0.0657. The van der Waals surface area contributed by atoms with Crippen molar-refractivity contribution in [1.82, 2.24) is 19.6 Å². The number of amides is 1. The van der Waals surface area contributed by atoms with Gasteiger partial charge in [-0.25, -0.2) is 13.5 Å². The fraction of sp³-hybridized carbons (Fsp3) is 0.269. The first-order chi connectivity index (χ1) is 16.9. The SMILES string of the molecule is Cc1ccc([C@@H]2C[C@@H](C(F)F)n3ncc(C(=O)Nc4cnn(Cc5ccccc5C)c4)c3N2)cc1. The van der Waals surface area contributed by atoms with Crippen LogP contribution in [0.15, 0.2) is 67.1 Å². The average molecular weight is 477 g/mol. The molecule has 1 aliphatic heterocycles. The molecule has 0 fully saturated rings. The molecule has 3 heterocycles. The second-order valence-corrected chi connectivity index (χ2v) is 8.90. The molecule has 2 aromatic heterocycles. The number of carbonyl (C=O) groups excluding carboxylic acids is 1. The van der Waals surface area contributed by atoms with Crippen LogP contribution in [0.2, 0.25) is 0 Å². The van der Waals surface area contributed by atoms with Crippen LogP contribution in [0.4, 0.5) is 20.3 Å². The van der Waals surface area contributed by atoms with E-state index in [1.54, 1.807) is 17.1 Å². The number of aryl methyl sites for hydroxylation is 2. The second-order valence-electron chi connectivity index (χ2n) is 8.90. The van der Waals surface area contributed by atoms with E-state index in [4.69, 9.17) is 0 Å². The van der Waals surface area contributed by atoms with Gasteiger partial charge in [0.05, 0.1) is 30.7 Å². The number of alkyl halides is 2. The maximum atomic E-state index is 13.9. The Bertz CT molecular complexity index is 1340. The zero-order valence-electron chi connectivity index (χ0n) is 19.5. The number of aromatic nitrogens is 4. The Morgan fingerprint density at radius 1 is 1.11 bits per heavy atom. The highest BCUT2D eigenvalue weighted by Crippen LogP contribution is 2.39. The van der Waals surface area contributed by atoms with Crippen LogP contribution in [0.25, 0.3) is 0 Å². The molecule has 2 N–H and O–H groups in total. The van der Waals surface area contributed by atoms with Crippen molar-refractivity contribution in [2.45, 2.75) is 45.3 Å². The summed E-state index contributed by atoms with van der Waals surface area (Å²) in [5.74, 6) is -0.149. The van der Waals surface area contributed by atoms with Gasteiger partial charge in [-0.1, -0.05) is 54.1 Å². The normalized spacial score (nSPS) is 17.2. The topological polar surface area (TPSA) is 76.8 Å². The number of rotatable bonds is 6. The molecule has 5 rings (SSSR count). The molecule has 35 heavy (non-hydrogen) atoms. The standard InChI is InChI=1S/C26H26F2N6O/c1-16-7-9-18(10-8-16)22-11-23(24(27)28)34-25(32-22)21(13-30-34)26(35)31-20-12-29-33(15-20)14-19-6-4-3-5-17(19)2/h3-10,12-13,15,22-24,32H,11,14H2,1-2H3,(H,31,35)/t22-,23-/m0/s1. The maximum absolute atomic E-state index is 13.9. The third-order valence-electron chi connectivity index (χ3n) is 6.40. The summed E-state index contributed by atoms with van der Waals surface area (Å²) in [5.41, 5.74) is 4.98. The van der Waals surface area contributed by atoms with Gasteiger partial charge in [0.2, 0.25) is 0 Å². The first-order valence-corrected chi connectivity index (χ1v) is 11.5. The quantitative estimate of drug-likeness (QED) is 0.393. The number of hydrogen-bond acceptors (Lipinski definition) is 4. The van der Waals surface area contributed by atoms with E-state index in [9.17, 15) is 13.6 Å². The first-order valence-electron chi connectivity index (χ1n) is 11.5. The molecule has 4 aromatic rings. The van der Waals surface area contributed by atoms with Gasteiger partial charge >= 0.3 is 0 Å². The molecule has 2 atom stereocenters. The van der Waals surface area contributed by atoms with Crippen LogP contribution in [0.5, 0.6) is 0 Å². The molecule has 0 aliphatic carbocycles. The average Bonchev–Trinajstić information content (AvgIpc) is 3.47. The van der Waals surface area contributed by atoms with Crippen LogP contribution in [-0.2, 0) is 6.54 Å².